The van der Waals surface area contributed by atoms with Crippen LogP contribution in [0.1, 0.15) is 38.3 Å². The van der Waals surface area contributed by atoms with E-state index in [1.807, 2.05) is 13.8 Å². The lowest BCUT2D eigenvalue weighted by atomic mass is 10.3. The summed E-state index contributed by atoms with van der Waals surface area (Å²) < 4.78 is 21.2. The first-order valence-corrected chi connectivity index (χ1v) is 7.71. The zero-order chi connectivity index (χ0) is 15.8. The molecule has 0 fully saturated rings. The lowest BCUT2D eigenvalue weighted by Gasteiger charge is -2.01. The molecule has 2 N–H and O–H groups in total. The maximum absolute atomic E-state index is 11.7. The number of hydrogen-bond donors (Lipinski definition) is 2. The zero-order valence-electron chi connectivity index (χ0n) is 12.0. The topological polar surface area (TPSA) is 143 Å². The van der Waals surface area contributed by atoms with Gasteiger partial charge in [0.25, 0.3) is 0 Å². The van der Waals surface area contributed by atoms with Gasteiger partial charge in [-0.2, -0.15) is 10.2 Å². The second-order valence-electron chi connectivity index (χ2n) is 3.86. The van der Waals surface area contributed by atoms with Crippen LogP contribution in [0.5, 0.6) is 0 Å². The van der Waals surface area contributed by atoms with Crippen LogP contribution < -0.4 is 0 Å². The zero-order valence-corrected chi connectivity index (χ0v) is 13.0. The van der Waals surface area contributed by atoms with Gasteiger partial charge in [-0.05, 0) is 12.8 Å². The van der Waals surface area contributed by atoms with Crippen molar-refractivity contribution in [1.82, 2.24) is 30.4 Å². The number of rotatable bonds is 8. The summed E-state index contributed by atoms with van der Waals surface area (Å²) in [5, 5.41) is 20.3. The predicted molar refractivity (Wildman–Crippen MR) is 77.6 cm³/mol. The van der Waals surface area contributed by atoms with Crippen LogP contribution in [0.4, 0.5) is 0 Å². The van der Waals surface area contributed by atoms with Crippen LogP contribution in [0.3, 0.4) is 0 Å². The normalized spacial score (nSPS) is 13.9. The summed E-state index contributed by atoms with van der Waals surface area (Å²) >= 11 is 0. The van der Waals surface area contributed by atoms with E-state index in [0.29, 0.717) is 35.9 Å². The van der Waals surface area contributed by atoms with Crippen LogP contribution in [0, 0.1) is 0 Å². The van der Waals surface area contributed by atoms with E-state index >= 15 is 0 Å². The molecular weight excluding hydrogens is 311 g/mol. The molecule has 0 amide bonds. The molecule has 2 rings (SSSR count). The molecule has 22 heavy (non-hydrogen) atoms. The molecule has 0 aliphatic heterocycles. The average Bonchev–Trinajstić information content (AvgIpc) is 3.22. The molecule has 12 heteroatoms. The Kier molecular flexibility index (Phi) is 5.78. The van der Waals surface area contributed by atoms with Gasteiger partial charge in [-0.15, -0.1) is 0 Å². The van der Waals surface area contributed by atoms with E-state index in [1.54, 1.807) is 0 Å². The highest BCUT2D eigenvalue weighted by Crippen LogP contribution is 2.25. The molecule has 0 unspecified atom stereocenters. The number of nitrogens with one attached hydrogen (secondary N) is 2. The van der Waals surface area contributed by atoms with Crippen molar-refractivity contribution in [2.24, 2.45) is 10.3 Å². The highest BCUT2D eigenvalue weighted by Gasteiger charge is 2.09. The first-order chi connectivity index (χ1) is 10.7. The van der Waals surface area contributed by atoms with Crippen LogP contribution in [-0.2, 0) is 13.8 Å². The number of aromatic nitrogens is 6. The molecular formula is C10H15N8O3P. The average molecular weight is 326 g/mol. The molecule has 0 atom stereocenters. The third-order valence-corrected chi connectivity index (χ3v) is 2.96. The third-order valence-electron chi connectivity index (χ3n) is 2.48. The Bertz CT molecular complexity index is 596. The molecule has 0 aliphatic carbocycles. The van der Waals surface area contributed by atoms with Gasteiger partial charge in [-0.1, -0.05) is 24.2 Å². The van der Waals surface area contributed by atoms with E-state index in [4.69, 9.17) is 9.25 Å². The Morgan fingerprint density at radius 3 is 1.82 bits per heavy atom. The minimum absolute atomic E-state index is 0.371. The number of aromatic amines is 2. The number of nitrogens with zero attached hydrogens (tertiary/aromatic N) is 6. The predicted octanol–water partition coefficient (Wildman–Crippen LogP) is 1.27. The molecule has 0 bridgehead atoms. The summed E-state index contributed by atoms with van der Waals surface area (Å²) in [6, 6.07) is 0. The number of H-pyrrole nitrogens is 2. The van der Waals surface area contributed by atoms with Gasteiger partial charge in [0, 0.05) is 0 Å². The molecule has 0 saturated carbocycles. The monoisotopic (exact) mass is 326 g/mol. The van der Waals surface area contributed by atoms with Gasteiger partial charge in [-0.3, -0.25) is 10.2 Å². The van der Waals surface area contributed by atoms with Gasteiger partial charge in [0.15, 0.2) is 11.6 Å². The molecule has 0 radical (unpaired) electrons. The van der Waals surface area contributed by atoms with E-state index in [9.17, 15) is 4.57 Å². The molecule has 2 aromatic heterocycles. The Hall–Kier alpha value is -2.55. The lowest BCUT2D eigenvalue weighted by Crippen LogP contribution is -2.03. The molecule has 0 spiro atoms. The van der Waals surface area contributed by atoms with Crippen molar-refractivity contribution < 1.29 is 13.8 Å². The summed E-state index contributed by atoms with van der Waals surface area (Å²) in [7, 11) is -2.94. The minimum atomic E-state index is -2.94. The van der Waals surface area contributed by atoms with Crippen molar-refractivity contribution in [3.05, 3.63) is 24.3 Å². The molecule has 2 aromatic rings. The highest BCUT2D eigenvalue weighted by atomic mass is 31.1. The molecule has 0 aliphatic rings. The first kappa shape index (κ1) is 15.8. The van der Waals surface area contributed by atoms with Crippen LogP contribution in [0.2, 0.25) is 0 Å². The second kappa shape index (κ2) is 8.03. The molecule has 2 heterocycles. The number of hydrogen-bond acceptors (Lipinski definition) is 9. The summed E-state index contributed by atoms with van der Waals surface area (Å²) in [4.78, 5) is 7.86. The third kappa shape index (κ3) is 4.22. The fraction of sp³-hybridized carbons (Fsp3) is 0.400. The maximum atomic E-state index is 11.7. The Morgan fingerprint density at radius 1 is 1.05 bits per heavy atom. The van der Waals surface area contributed by atoms with Crippen molar-refractivity contribution in [3.63, 3.8) is 0 Å². The highest BCUT2D eigenvalue weighted by molar-refractivity contribution is 7.33. The molecule has 0 saturated heterocycles. The van der Waals surface area contributed by atoms with Gasteiger partial charge in [0.1, 0.15) is 24.1 Å². The Labute approximate surface area is 126 Å². The van der Waals surface area contributed by atoms with Gasteiger partial charge in [0.2, 0.25) is 0 Å². The largest absolute Gasteiger partial charge is 0.458 e. The van der Waals surface area contributed by atoms with Crippen LogP contribution in [-0.4, -0.2) is 41.8 Å². The molecule has 0 aromatic carbocycles. The maximum Gasteiger partial charge on any atom is 0.458 e. The standard InChI is InChI=1S/C10H15N8O3P/c1-3-7(9-11-5-13-15-9)17-20-22(19)21-18-8(4-2)10-12-6-14-16-10/h5-6,22H,3-4H2,1-2H3,(H,11,13,15)(H,12,14,16). The van der Waals surface area contributed by atoms with Crippen molar-refractivity contribution >= 4 is 19.7 Å². The Balaban J connectivity index is 1.95. The van der Waals surface area contributed by atoms with Gasteiger partial charge in [0.05, 0.1) is 0 Å². The van der Waals surface area contributed by atoms with Gasteiger partial charge >= 0.3 is 8.25 Å². The minimum Gasteiger partial charge on any atom is -0.305 e. The van der Waals surface area contributed by atoms with Crippen molar-refractivity contribution in [3.8, 4) is 0 Å². The summed E-state index contributed by atoms with van der Waals surface area (Å²) in [6.07, 6.45) is 3.84. The second-order valence-corrected chi connectivity index (χ2v) is 4.73. The van der Waals surface area contributed by atoms with Crippen molar-refractivity contribution in [1.29, 1.82) is 0 Å². The van der Waals surface area contributed by atoms with Gasteiger partial charge in [-0.25, -0.2) is 14.5 Å². The first-order valence-electron chi connectivity index (χ1n) is 6.48. The fourth-order valence-electron chi connectivity index (χ4n) is 1.42. The van der Waals surface area contributed by atoms with E-state index in [-0.39, 0.29) is 0 Å². The van der Waals surface area contributed by atoms with E-state index in [2.05, 4.69) is 40.7 Å². The van der Waals surface area contributed by atoms with Crippen LogP contribution >= 0.6 is 8.25 Å². The SMILES string of the molecule is CCC(=NO[PH](=O)ON=C(CC)c1nc[nH]n1)c1nc[nH]n1. The van der Waals surface area contributed by atoms with E-state index in [1.165, 1.54) is 12.7 Å². The smallest absolute Gasteiger partial charge is 0.305 e. The van der Waals surface area contributed by atoms with Crippen LogP contribution in [0.25, 0.3) is 0 Å². The van der Waals surface area contributed by atoms with E-state index in [0.717, 1.165) is 0 Å². The Morgan fingerprint density at radius 2 is 1.50 bits per heavy atom. The molecule has 11 nitrogen and oxygen atoms in total. The fourth-order valence-corrected chi connectivity index (χ4v) is 1.83. The summed E-state index contributed by atoms with van der Waals surface area (Å²) in [5.74, 6) is 0.742. The van der Waals surface area contributed by atoms with E-state index < -0.39 is 8.25 Å². The molecule has 118 valence electrons. The van der Waals surface area contributed by atoms with Crippen molar-refractivity contribution in [2.45, 2.75) is 26.7 Å². The van der Waals surface area contributed by atoms with Gasteiger partial charge < -0.3 is 9.25 Å². The van der Waals surface area contributed by atoms with Crippen LogP contribution in [0.15, 0.2) is 23.0 Å². The summed E-state index contributed by atoms with van der Waals surface area (Å²) in [6.45, 7) is 3.68. The lowest BCUT2D eigenvalue weighted by molar-refractivity contribution is 0.240. The quantitative estimate of drug-likeness (QED) is 0.422. The summed E-state index contributed by atoms with van der Waals surface area (Å²) in [5.41, 5.74) is 0.883. The number of oxime groups is 2. The van der Waals surface area contributed by atoms with Crippen molar-refractivity contribution in [2.75, 3.05) is 0 Å².